The lowest BCUT2D eigenvalue weighted by atomic mass is 10.0. The molecule has 0 bridgehead atoms. The lowest BCUT2D eigenvalue weighted by Gasteiger charge is -2.28. The summed E-state index contributed by atoms with van der Waals surface area (Å²) in [6.07, 6.45) is 52.9. The number of phosphoric ester groups is 1. The Balaban J connectivity index is 4.10. The molecule has 0 fully saturated rings. The van der Waals surface area contributed by atoms with Crippen LogP contribution in [0, 0.1) is 0 Å². The molecule has 0 spiro atoms. The minimum absolute atomic E-state index is 0.0193. The second-order valence-electron chi connectivity index (χ2n) is 17.4. The van der Waals surface area contributed by atoms with Crippen LogP contribution in [-0.2, 0) is 27.9 Å². The van der Waals surface area contributed by atoms with Crippen molar-refractivity contribution >= 4 is 13.8 Å². The topological polar surface area (TPSA) is 94.1 Å². The van der Waals surface area contributed by atoms with E-state index in [1.165, 1.54) is 128 Å². The molecule has 0 amide bonds. The first-order valence-electron chi connectivity index (χ1n) is 24.4. The van der Waals surface area contributed by atoms with Gasteiger partial charge in [-0.1, -0.05) is 178 Å². The summed E-state index contributed by atoms with van der Waals surface area (Å²) in [5.41, 5.74) is 0. The maximum absolute atomic E-state index is 12.7. The van der Waals surface area contributed by atoms with Gasteiger partial charge in [0.15, 0.2) is 0 Å². The molecule has 0 aliphatic carbocycles. The molecule has 0 saturated carbocycles. The average molecular weight is 852 g/mol. The second-order valence-corrected chi connectivity index (χ2v) is 18.8. The Kier molecular flexibility index (Phi) is 42.0. The monoisotopic (exact) mass is 852 g/mol. The molecule has 0 aromatic rings. The summed E-state index contributed by atoms with van der Waals surface area (Å²) < 4.78 is 34.6. The van der Waals surface area contributed by atoms with Gasteiger partial charge in [-0.2, -0.15) is 0 Å². The SMILES string of the molecule is CC/C=C\C/C=C\C/C=C\CCCCCC(=O)OC(COCCCCCCCCCCCCCC/C=C\CCCCCCCCCC)COP(=O)([O-])OCC[N+](C)(C)C. The summed E-state index contributed by atoms with van der Waals surface area (Å²) in [6, 6.07) is 0. The smallest absolute Gasteiger partial charge is 0.306 e. The fraction of sp³-hybridized carbons (Fsp3) is 0.820. The number of quaternary nitrogens is 1. The highest BCUT2D eigenvalue weighted by atomic mass is 31.2. The Labute approximate surface area is 365 Å². The molecule has 0 heterocycles. The molecule has 346 valence electrons. The van der Waals surface area contributed by atoms with Crippen LogP contribution in [0.3, 0.4) is 0 Å². The Morgan fingerprint density at radius 1 is 0.542 bits per heavy atom. The number of unbranched alkanes of at least 4 members (excludes halogenated alkanes) is 23. The van der Waals surface area contributed by atoms with Crippen molar-refractivity contribution in [3.05, 3.63) is 48.6 Å². The highest BCUT2D eigenvalue weighted by Gasteiger charge is 2.20. The van der Waals surface area contributed by atoms with Gasteiger partial charge in [-0.05, 0) is 70.6 Å². The Morgan fingerprint density at radius 3 is 1.49 bits per heavy atom. The van der Waals surface area contributed by atoms with Gasteiger partial charge in [0.05, 0.1) is 34.4 Å². The van der Waals surface area contributed by atoms with E-state index in [2.05, 4.69) is 62.5 Å². The molecule has 0 aromatic heterocycles. The quantitative estimate of drug-likeness (QED) is 0.0198. The van der Waals surface area contributed by atoms with Gasteiger partial charge in [0, 0.05) is 13.0 Å². The molecule has 9 heteroatoms. The maximum atomic E-state index is 12.7. The molecule has 0 N–H and O–H groups in total. The largest absolute Gasteiger partial charge is 0.756 e. The minimum atomic E-state index is -4.53. The molecule has 0 saturated heterocycles. The second kappa shape index (κ2) is 43.1. The van der Waals surface area contributed by atoms with Crippen molar-refractivity contribution in [2.45, 2.75) is 213 Å². The molecule has 59 heavy (non-hydrogen) atoms. The van der Waals surface area contributed by atoms with E-state index in [9.17, 15) is 14.3 Å². The summed E-state index contributed by atoms with van der Waals surface area (Å²) >= 11 is 0. The molecular weight excluding hydrogens is 758 g/mol. The summed E-state index contributed by atoms with van der Waals surface area (Å²) in [5, 5.41) is 0. The normalized spacial score (nSPS) is 14.1. The first kappa shape index (κ1) is 57.5. The molecule has 0 rings (SSSR count). The summed E-state index contributed by atoms with van der Waals surface area (Å²) in [4.78, 5) is 25.1. The molecule has 0 radical (unpaired) electrons. The lowest BCUT2D eigenvalue weighted by Crippen LogP contribution is -2.37. The molecule has 8 nitrogen and oxygen atoms in total. The van der Waals surface area contributed by atoms with Crippen LogP contribution in [0.15, 0.2) is 48.6 Å². The molecule has 2 unspecified atom stereocenters. The number of rotatable bonds is 45. The van der Waals surface area contributed by atoms with Gasteiger partial charge in [-0.3, -0.25) is 9.36 Å². The van der Waals surface area contributed by atoms with Gasteiger partial charge in [-0.15, -0.1) is 0 Å². The minimum Gasteiger partial charge on any atom is -0.756 e. The van der Waals surface area contributed by atoms with Gasteiger partial charge in [0.25, 0.3) is 7.82 Å². The zero-order valence-corrected chi connectivity index (χ0v) is 40.1. The number of carbonyl (C=O) groups excluding carboxylic acids is 1. The van der Waals surface area contributed by atoms with Crippen molar-refractivity contribution < 1.29 is 37.3 Å². The predicted molar refractivity (Wildman–Crippen MR) is 250 cm³/mol. The van der Waals surface area contributed by atoms with Crippen LogP contribution in [0.1, 0.15) is 206 Å². The van der Waals surface area contributed by atoms with Crippen molar-refractivity contribution in [3.8, 4) is 0 Å². The standard InChI is InChI=1S/C50H94NO7P/c1-6-8-10-12-14-16-18-20-21-22-23-24-25-26-27-28-29-30-32-34-36-38-40-42-45-55-47-49(48-57-59(53,54)56-46-44-51(3,4)5)58-50(52)43-41-39-37-35-33-31-19-17-15-13-11-9-7-2/h9,11,15,17,22-23,31,33,49H,6-8,10,12-14,16,18-21,24-30,32,34-48H2,1-5H3/b11-9-,17-15-,23-22-,33-31-. The zero-order valence-electron chi connectivity index (χ0n) is 39.2. The van der Waals surface area contributed by atoms with Crippen molar-refractivity contribution in [1.29, 1.82) is 0 Å². The molecule has 0 aliphatic rings. The Hall–Kier alpha value is -1.54. The summed E-state index contributed by atoms with van der Waals surface area (Å²) in [5.74, 6) is -0.362. The third kappa shape index (κ3) is 47.4. The number of ether oxygens (including phenoxy) is 2. The van der Waals surface area contributed by atoms with Crippen molar-refractivity contribution in [2.24, 2.45) is 0 Å². The van der Waals surface area contributed by atoms with Crippen LogP contribution in [0.4, 0.5) is 0 Å². The third-order valence-corrected chi connectivity index (χ3v) is 11.3. The third-order valence-electron chi connectivity index (χ3n) is 10.4. The number of nitrogens with zero attached hydrogens (tertiary/aromatic N) is 1. The van der Waals surface area contributed by atoms with Gasteiger partial charge < -0.3 is 27.9 Å². The molecule has 2 atom stereocenters. The van der Waals surface area contributed by atoms with Crippen LogP contribution in [0.2, 0.25) is 0 Å². The summed E-state index contributed by atoms with van der Waals surface area (Å²) in [7, 11) is 1.34. The maximum Gasteiger partial charge on any atom is 0.306 e. The van der Waals surface area contributed by atoms with Crippen molar-refractivity contribution in [1.82, 2.24) is 0 Å². The molecule has 0 aliphatic heterocycles. The number of hydrogen-bond donors (Lipinski definition) is 0. The number of likely N-dealkylation sites (N-methyl/N-ethyl adjacent to an activating group) is 1. The van der Waals surface area contributed by atoms with E-state index < -0.39 is 13.9 Å². The number of allylic oxidation sites excluding steroid dienone is 8. The number of hydrogen-bond acceptors (Lipinski definition) is 7. The van der Waals surface area contributed by atoms with Gasteiger partial charge in [-0.25, -0.2) is 0 Å². The average Bonchev–Trinajstić information content (AvgIpc) is 3.19. The van der Waals surface area contributed by atoms with Crippen LogP contribution < -0.4 is 4.89 Å². The van der Waals surface area contributed by atoms with E-state index in [0.717, 1.165) is 57.8 Å². The fourth-order valence-corrected chi connectivity index (χ4v) is 7.34. The van der Waals surface area contributed by atoms with Gasteiger partial charge in [0.1, 0.15) is 19.3 Å². The van der Waals surface area contributed by atoms with E-state index in [4.69, 9.17) is 18.5 Å². The van der Waals surface area contributed by atoms with Crippen molar-refractivity contribution in [2.75, 3.05) is 54.1 Å². The first-order chi connectivity index (χ1) is 28.6. The van der Waals surface area contributed by atoms with Crippen LogP contribution >= 0.6 is 7.82 Å². The van der Waals surface area contributed by atoms with Crippen LogP contribution in [0.5, 0.6) is 0 Å². The summed E-state index contributed by atoms with van der Waals surface area (Å²) in [6.45, 7) is 5.27. The van der Waals surface area contributed by atoms with Gasteiger partial charge >= 0.3 is 5.97 Å². The van der Waals surface area contributed by atoms with Crippen LogP contribution in [-0.4, -0.2) is 70.7 Å². The fourth-order valence-electron chi connectivity index (χ4n) is 6.61. The number of carbonyl (C=O) groups is 1. The highest BCUT2D eigenvalue weighted by molar-refractivity contribution is 7.45. The van der Waals surface area contributed by atoms with E-state index in [0.29, 0.717) is 17.6 Å². The van der Waals surface area contributed by atoms with E-state index in [1.807, 2.05) is 21.1 Å². The predicted octanol–water partition coefficient (Wildman–Crippen LogP) is 14.1. The zero-order chi connectivity index (χ0) is 43.4. The molecule has 0 aromatic carbocycles. The first-order valence-corrected chi connectivity index (χ1v) is 25.8. The van der Waals surface area contributed by atoms with E-state index in [1.54, 1.807) is 0 Å². The molecular formula is C50H94NO7P. The lowest BCUT2D eigenvalue weighted by molar-refractivity contribution is -0.870. The van der Waals surface area contributed by atoms with Crippen molar-refractivity contribution in [3.63, 3.8) is 0 Å². The Bertz CT molecular complexity index is 1080. The van der Waals surface area contributed by atoms with Crippen LogP contribution in [0.25, 0.3) is 0 Å². The van der Waals surface area contributed by atoms with E-state index in [-0.39, 0.29) is 32.2 Å². The highest BCUT2D eigenvalue weighted by Crippen LogP contribution is 2.38. The van der Waals surface area contributed by atoms with E-state index >= 15 is 0 Å². The van der Waals surface area contributed by atoms with Gasteiger partial charge in [0.2, 0.25) is 0 Å². The number of esters is 1. The Morgan fingerprint density at radius 2 is 0.983 bits per heavy atom. The number of phosphoric acid groups is 1.